The van der Waals surface area contributed by atoms with E-state index in [9.17, 15) is 9.59 Å². The maximum Gasteiger partial charge on any atom is 0.254 e. The van der Waals surface area contributed by atoms with Crippen molar-refractivity contribution in [2.24, 2.45) is 0 Å². The van der Waals surface area contributed by atoms with Gasteiger partial charge in [0.1, 0.15) is 0 Å². The Morgan fingerprint density at radius 1 is 0.867 bits per heavy atom. The van der Waals surface area contributed by atoms with Crippen LogP contribution in [-0.2, 0) is 0 Å². The zero-order valence-electron chi connectivity index (χ0n) is 18.0. The topological polar surface area (TPSA) is 59.1 Å². The second-order valence-electron chi connectivity index (χ2n) is 7.52. The second-order valence-corrected chi connectivity index (χ2v) is 7.52. The average molecular weight is 411 g/mol. The third kappa shape index (κ3) is 5.12. The number of aryl methyl sites for hydroxylation is 1. The fourth-order valence-electron chi connectivity index (χ4n) is 3.42. The second kappa shape index (κ2) is 10.1. The number of hydrogen-bond acceptors (Lipinski definition) is 4. The van der Waals surface area contributed by atoms with Crippen LogP contribution in [0.4, 0.5) is 0 Å². The SMILES string of the molecule is CCCCOc1ccc(C(=O)N2CCN(C(=O)c3ccc(C)cc3)CC2)cc1OC. The van der Waals surface area contributed by atoms with Crippen LogP contribution in [0.1, 0.15) is 46.0 Å². The third-order valence-electron chi connectivity index (χ3n) is 5.32. The van der Waals surface area contributed by atoms with Gasteiger partial charge in [-0.15, -0.1) is 0 Å². The van der Waals surface area contributed by atoms with E-state index >= 15 is 0 Å². The Balaban J connectivity index is 1.60. The minimum Gasteiger partial charge on any atom is -0.493 e. The van der Waals surface area contributed by atoms with Crippen LogP contribution < -0.4 is 9.47 Å². The van der Waals surface area contributed by atoms with Gasteiger partial charge in [0, 0.05) is 37.3 Å². The summed E-state index contributed by atoms with van der Waals surface area (Å²) in [5, 5.41) is 0. The van der Waals surface area contributed by atoms with Crippen molar-refractivity contribution in [3.63, 3.8) is 0 Å². The van der Waals surface area contributed by atoms with E-state index in [4.69, 9.17) is 9.47 Å². The maximum atomic E-state index is 12.9. The monoisotopic (exact) mass is 410 g/mol. The van der Waals surface area contributed by atoms with Crippen LogP contribution in [0.25, 0.3) is 0 Å². The lowest BCUT2D eigenvalue weighted by molar-refractivity contribution is 0.0535. The lowest BCUT2D eigenvalue weighted by Crippen LogP contribution is -2.50. The van der Waals surface area contributed by atoms with Crippen LogP contribution in [0.2, 0.25) is 0 Å². The van der Waals surface area contributed by atoms with E-state index in [0.29, 0.717) is 55.4 Å². The van der Waals surface area contributed by atoms with E-state index in [1.165, 1.54) is 0 Å². The zero-order valence-corrected chi connectivity index (χ0v) is 18.0. The molecule has 1 aliphatic rings. The van der Waals surface area contributed by atoms with Gasteiger partial charge in [-0.05, 0) is 43.7 Å². The molecular formula is C24H30N2O4. The summed E-state index contributed by atoms with van der Waals surface area (Å²) in [5.41, 5.74) is 2.37. The molecule has 0 unspecified atom stereocenters. The smallest absolute Gasteiger partial charge is 0.254 e. The van der Waals surface area contributed by atoms with Gasteiger partial charge < -0.3 is 19.3 Å². The highest BCUT2D eigenvalue weighted by atomic mass is 16.5. The minimum atomic E-state index is -0.0594. The zero-order chi connectivity index (χ0) is 21.5. The van der Waals surface area contributed by atoms with Crippen LogP contribution in [0.15, 0.2) is 42.5 Å². The molecule has 30 heavy (non-hydrogen) atoms. The molecule has 3 rings (SSSR count). The predicted molar refractivity (Wildman–Crippen MR) is 116 cm³/mol. The van der Waals surface area contributed by atoms with Crippen molar-refractivity contribution < 1.29 is 19.1 Å². The largest absolute Gasteiger partial charge is 0.493 e. The minimum absolute atomic E-state index is 0.0114. The quantitative estimate of drug-likeness (QED) is 0.652. The normalized spacial score (nSPS) is 13.8. The molecule has 2 aromatic carbocycles. The van der Waals surface area contributed by atoms with E-state index in [1.807, 2.05) is 31.2 Å². The first-order valence-corrected chi connectivity index (χ1v) is 10.5. The Labute approximate surface area is 178 Å². The predicted octanol–water partition coefficient (Wildman–Crippen LogP) is 3.78. The Bertz CT molecular complexity index is 871. The van der Waals surface area contributed by atoms with Crippen molar-refractivity contribution >= 4 is 11.8 Å². The first-order valence-electron chi connectivity index (χ1n) is 10.5. The van der Waals surface area contributed by atoms with Gasteiger partial charge in [0.05, 0.1) is 13.7 Å². The Morgan fingerprint density at radius 3 is 2.00 bits per heavy atom. The molecule has 6 nitrogen and oxygen atoms in total. The molecule has 1 aliphatic heterocycles. The number of carbonyl (C=O) groups excluding carboxylic acids is 2. The van der Waals surface area contributed by atoms with Crippen LogP contribution in [0.5, 0.6) is 11.5 Å². The molecule has 1 fully saturated rings. The van der Waals surface area contributed by atoms with Crippen molar-refractivity contribution in [1.29, 1.82) is 0 Å². The highest BCUT2D eigenvalue weighted by Gasteiger charge is 2.26. The van der Waals surface area contributed by atoms with Gasteiger partial charge in [0.2, 0.25) is 0 Å². The van der Waals surface area contributed by atoms with Crippen molar-refractivity contribution in [2.75, 3.05) is 39.9 Å². The molecule has 2 amide bonds. The van der Waals surface area contributed by atoms with Crippen LogP contribution in [0.3, 0.4) is 0 Å². The molecule has 0 N–H and O–H groups in total. The summed E-state index contributed by atoms with van der Waals surface area (Å²) in [6.45, 7) is 6.79. The van der Waals surface area contributed by atoms with Crippen LogP contribution >= 0.6 is 0 Å². The molecule has 2 aromatic rings. The van der Waals surface area contributed by atoms with Gasteiger partial charge in [0.25, 0.3) is 11.8 Å². The lowest BCUT2D eigenvalue weighted by Gasteiger charge is -2.35. The number of amides is 2. The van der Waals surface area contributed by atoms with Gasteiger partial charge in [-0.3, -0.25) is 9.59 Å². The molecule has 0 bridgehead atoms. The van der Waals surface area contributed by atoms with Gasteiger partial charge in [-0.2, -0.15) is 0 Å². The summed E-state index contributed by atoms with van der Waals surface area (Å²) < 4.78 is 11.2. The summed E-state index contributed by atoms with van der Waals surface area (Å²) in [7, 11) is 1.58. The van der Waals surface area contributed by atoms with E-state index < -0.39 is 0 Å². The van der Waals surface area contributed by atoms with Gasteiger partial charge >= 0.3 is 0 Å². The summed E-state index contributed by atoms with van der Waals surface area (Å²) in [6.07, 6.45) is 2.02. The highest BCUT2D eigenvalue weighted by Crippen LogP contribution is 2.29. The van der Waals surface area contributed by atoms with Gasteiger partial charge in [0.15, 0.2) is 11.5 Å². The third-order valence-corrected chi connectivity index (χ3v) is 5.32. The summed E-state index contributed by atoms with van der Waals surface area (Å²) in [5.74, 6) is 1.16. The number of benzene rings is 2. The Morgan fingerprint density at radius 2 is 1.43 bits per heavy atom. The van der Waals surface area contributed by atoms with E-state index in [1.54, 1.807) is 35.1 Å². The first kappa shape index (κ1) is 21.7. The van der Waals surface area contributed by atoms with E-state index in [0.717, 1.165) is 18.4 Å². The van der Waals surface area contributed by atoms with E-state index in [2.05, 4.69) is 6.92 Å². The number of ether oxygens (including phenoxy) is 2. The molecule has 1 saturated heterocycles. The first-order chi connectivity index (χ1) is 14.5. The highest BCUT2D eigenvalue weighted by molar-refractivity contribution is 5.96. The number of hydrogen-bond donors (Lipinski definition) is 0. The molecule has 0 spiro atoms. The summed E-state index contributed by atoms with van der Waals surface area (Å²) in [6, 6.07) is 12.9. The summed E-state index contributed by atoms with van der Waals surface area (Å²) >= 11 is 0. The van der Waals surface area contributed by atoms with Crippen molar-refractivity contribution in [1.82, 2.24) is 9.80 Å². The van der Waals surface area contributed by atoms with Crippen molar-refractivity contribution in [2.45, 2.75) is 26.7 Å². The standard InChI is InChI=1S/C24H30N2O4/c1-4-5-16-30-21-11-10-20(17-22(21)29-3)24(28)26-14-12-25(13-15-26)23(27)19-8-6-18(2)7-9-19/h6-11,17H,4-5,12-16H2,1-3H3. The maximum absolute atomic E-state index is 12.9. The fraction of sp³-hybridized carbons (Fsp3) is 0.417. The number of rotatable bonds is 7. The number of piperazine rings is 1. The van der Waals surface area contributed by atoms with Crippen LogP contribution in [-0.4, -0.2) is 61.5 Å². The van der Waals surface area contributed by atoms with Crippen LogP contribution in [0, 0.1) is 6.92 Å². The molecule has 0 atom stereocenters. The molecule has 0 radical (unpaired) electrons. The molecule has 160 valence electrons. The molecule has 1 heterocycles. The molecule has 0 saturated carbocycles. The molecule has 0 aromatic heterocycles. The number of carbonyl (C=O) groups is 2. The lowest BCUT2D eigenvalue weighted by atomic mass is 10.1. The van der Waals surface area contributed by atoms with Crippen molar-refractivity contribution in [3.8, 4) is 11.5 Å². The van der Waals surface area contributed by atoms with E-state index in [-0.39, 0.29) is 11.8 Å². The molecule has 6 heteroatoms. The molecule has 0 aliphatic carbocycles. The van der Waals surface area contributed by atoms with Crippen molar-refractivity contribution in [3.05, 3.63) is 59.2 Å². The summed E-state index contributed by atoms with van der Waals surface area (Å²) in [4.78, 5) is 29.2. The Hall–Kier alpha value is -3.02. The average Bonchev–Trinajstić information content (AvgIpc) is 2.79. The number of methoxy groups -OCH3 is 1. The Kier molecular flexibility index (Phi) is 7.33. The molecular weight excluding hydrogens is 380 g/mol. The number of nitrogens with zero attached hydrogens (tertiary/aromatic N) is 2. The number of unbranched alkanes of at least 4 members (excludes halogenated alkanes) is 1. The van der Waals surface area contributed by atoms with Gasteiger partial charge in [-0.1, -0.05) is 31.0 Å². The fourth-order valence-corrected chi connectivity index (χ4v) is 3.42. The van der Waals surface area contributed by atoms with Gasteiger partial charge in [-0.25, -0.2) is 0 Å².